The number of nitrogens with zero attached hydrogens (tertiary/aromatic N) is 3. The number of ether oxygens (including phenoxy) is 2. The maximum absolute atomic E-state index is 12.2. The molecule has 0 unspecified atom stereocenters. The second-order valence-corrected chi connectivity index (χ2v) is 7.88. The second-order valence-electron chi connectivity index (χ2n) is 7.54. The Morgan fingerprint density at radius 1 is 1.40 bits per heavy atom. The maximum Gasteiger partial charge on any atom is 0.410 e. The van der Waals surface area contributed by atoms with Gasteiger partial charge >= 0.3 is 6.09 Å². The first-order valence-corrected chi connectivity index (χ1v) is 9.22. The average Bonchev–Trinajstić information content (AvgIpc) is 2.49. The van der Waals surface area contributed by atoms with Gasteiger partial charge in [-0.05, 0) is 70.9 Å². The van der Waals surface area contributed by atoms with E-state index in [0.717, 1.165) is 44.5 Å². The Morgan fingerprint density at radius 3 is 2.84 bits per heavy atom. The van der Waals surface area contributed by atoms with Gasteiger partial charge in [-0.1, -0.05) is 0 Å². The Kier molecular flexibility index (Phi) is 6.87. The van der Waals surface area contributed by atoms with E-state index in [2.05, 4.69) is 9.97 Å². The van der Waals surface area contributed by atoms with E-state index < -0.39 is 5.60 Å². The summed E-state index contributed by atoms with van der Waals surface area (Å²) in [7, 11) is 0. The number of piperidine rings is 1. The largest absolute Gasteiger partial charge is 0.478 e. The lowest BCUT2D eigenvalue weighted by atomic mass is 9.94. The summed E-state index contributed by atoms with van der Waals surface area (Å²) >= 11 is 5.82. The molecule has 1 fully saturated rings. The van der Waals surface area contributed by atoms with Crippen molar-refractivity contribution in [2.45, 2.75) is 59.0 Å². The summed E-state index contributed by atoms with van der Waals surface area (Å²) in [6.45, 7) is 9.65. The highest BCUT2D eigenvalue weighted by Crippen LogP contribution is 2.23. The van der Waals surface area contributed by atoms with E-state index in [-0.39, 0.29) is 11.4 Å². The first-order chi connectivity index (χ1) is 11.7. The SMILES string of the molecule is Cc1cc(OCCC[C@@H]2CCCN(C(=O)OC(C)(C)C)C2)nc(Cl)n1. The molecule has 0 saturated carbocycles. The van der Waals surface area contributed by atoms with E-state index in [1.807, 2.05) is 32.6 Å². The number of carbonyl (C=O) groups excluding carboxylic acids is 1. The summed E-state index contributed by atoms with van der Waals surface area (Å²) in [4.78, 5) is 22.1. The molecule has 0 N–H and O–H groups in total. The number of amides is 1. The summed E-state index contributed by atoms with van der Waals surface area (Å²) in [6.07, 6.45) is 3.87. The van der Waals surface area contributed by atoms with E-state index >= 15 is 0 Å². The van der Waals surface area contributed by atoms with Crippen molar-refractivity contribution < 1.29 is 14.3 Å². The van der Waals surface area contributed by atoms with Crippen molar-refractivity contribution in [2.75, 3.05) is 19.7 Å². The molecule has 1 aliphatic heterocycles. The van der Waals surface area contributed by atoms with Gasteiger partial charge in [0.2, 0.25) is 11.2 Å². The van der Waals surface area contributed by atoms with Gasteiger partial charge in [-0.3, -0.25) is 0 Å². The number of carbonyl (C=O) groups is 1. The summed E-state index contributed by atoms with van der Waals surface area (Å²) in [6, 6.07) is 1.77. The van der Waals surface area contributed by atoms with Gasteiger partial charge in [0.05, 0.1) is 6.61 Å². The van der Waals surface area contributed by atoms with Gasteiger partial charge in [0, 0.05) is 24.8 Å². The average molecular weight is 370 g/mol. The van der Waals surface area contributed by atoms with Gasteiger partial charge in [-0.25, -0.2) is 9.78 Å². The van der Waals surface area contributed by atoms with Crippen LogP contribution in [-0.2, 0) is 4.74 Å². The van der Waals surface area contributed by atoms with Crippen LogP contribution in [0.3, 0.4) is 0 Å². The van der Waals surface area contributed by atoms with Crippen molar-refractivity contribution in [2.24, 2.45) is 5.92 Å². The van der Waals surface area contributed by atoms with Crippen LogP contribution in [0.1, 0.15) is 52.1 Å². The zero-order chi connectivity index (χ0) is 18.4. The van der Waals surface area contributed by atoms with Gasteiger partial charge in [0.1, 0.15) is 5.60 Å². The molecule has 0 aliphatic carbocycles. The molecule has 1 aliphatic rings. The molecule has 6 nitrogen and oxygen atoms in total. The summed E-state index contributed by atoms with van der Waals surface area (Å²) < 4.78 is 11.1. The number of halogens is 1. The molecular formula is C18H28ClN3O3. The quantitative estimate of drug-likeness (QED) is 0.573. The molecule has 0 aromatic carbocycles. The molecule has 1 atom stereocenters. The summed E-state index contributed by atoms with van der Waals surface area (Å²) in [5, 5.41) is 0.204. The van der Waals surface area contributed by atoms with Crippen molar-refractivity contribution >= 4 is 17.7 Å². The number of likely N-dealkylation sites (tertiary alicyclic amines) is 1. The predicted octanol–water partition coefficient (Wildman–Crippen LogP) is 4.24. The topological polar surface area (TPSA) is 64.5 Å². The number of hydrogen-bond acceptors (Lipinski definition) is 5. The van der Waals surface area contributed by atoms with Crippen molar-refractivity contribution in [3.63, 3.8) is 0 Å². The van der Waals surface area contributed by atoms with E-state index in [1.165, 1.54) is 0 Å². The van der Waals surface area contributed by atoms with Crippen LogP contribution in [0.2, 0.25) is 5.28 Å². The van der Waals surface area contributed by atoms with Crippen LogP contribution >= 0.6 is 11.6 Å². The molecule has 7 heteroatoms. The highest BCUT2D eigenvalue weighted by molar-refractivity contribution is 6.28. The minimum Gasteiger partial charge on any atom is -0.478 e. The van der Waals surface area contributed by atoms with Gasteiger partial charge in [-0.15, -0.1) is 0 Å². The fraction of sp³-hybridized carbons (Fsp3) is 0.722. The Morgan fingerprint density at radius 2 is 2.16 bits per heavy atom. The molecular weight excluding hydrogens is 342 g/mol. The zero-order valence-corrected chi connectivity index (χ0v) is 16.3. The predicted molar refractivity (Wildman–Crippen MR) is 97.0 cm³/mol. The van der Waals surface area contributed by atoms with Crippen LogP contribution < -0.4 is 4.74 Å². The van der Waals surface area contributed by atoms with Crippen LogP contribution in [-0.4, -0.2) is 46.3 Å². The van der Waals surface area contributed by atoms with Gasteiger partial charge in [0.15, 0.2) is 0 Å². The summed E-state index contributed by atoms with van der Waals surface area (Å²) in [5.41, 5.74) is 0.338. The first-order valence-electron chi connectivity index (χ1n) is 8.85. The molecule has 2 rings (SSSR count). The van der Waals surface area contributed by atoms with Crippen LogP contribution in [0.4, 0.5) is 4.79 Å². The molecule has 25 heavy (non-hydrogen) atoms. The fourth-order valence-corrected chi connectivity index (χ4v) is 3.14. The molecule has 140 valence electrons. The fourth-order valence-electron chi connectivity index (χ4n) is 2.92. The van der Waals surface area contributed by atoms with E-state index in [0.29, 0.717) is 18.4 Å². The first kappa shape index (κ1) is 19.8. The van der Waals surface area contributed by atoms with Crippen molar-refractivity contribution in [3.8, 4) is 5.88 Å². The minimum absolute atomic E-state index is 0.204. The molecule has 1 saturated heterocycles. The monoisotopic (exact) mass is 369 g/mol. The van der Waals surface area contributed by atoms with Crippen LogP contribution in [0.5, 0.6) is 5.88 Å². The van der Waals surface area contributed by atoms with Gasteiger partial charge in [0.25, 0.3) is 0 Å². The maximum atomic E-state index is 12.2. The molecule has 1 aromatic heterocycles. The van der Waals surface area contributed by atoms with Gasteiger partial charge in [-0.2, -0.15) is 4.98 Å². The van der Waals surface area contributed by atoms with Crippen LogP contribution in [0, 0.1) is 12.8 Å². The Balaban J connectivity index is 1.72. The van der Waals surface area contributed by atoms with E-state index in [9.17, 15) is 4.79 Å². The molecule has 0 bridgehead atoms. The molecule has 0 radical (unpaired) electrons. The highest BCUT2D eigenvalue weighted by atomic mass is 35.5. The lowest BCUT2D eigenvalue weighted by Crippen LogP contribution is -2.42. The molecule has 1 amide bonds. The zero-order valence-electron chi connectivity index (χ0n) is 15.5. The third-order valence-corrected chi connectivity index (χ3v) is 4.15. The number of rotatable bonds is 5. The Labute approximate surface area is 154 Å². The molecule has 0 spiro atoms. The molecule has 1 aromatic rings. The lowest BCUT2D eigenvalue weighted by Gasteiger charge is -2.34. The highest BCUT2D eigenvalue weighted by Gasteiger charge is 2.27. The van der Waals surface area contributed by atoms with Crippen molar-refractivity contribution in [1.82, 2.24) is 14.9 Å². The van der Waals surface area contributed by atoms with Crippen molar-refractivity contribution in [1.29, 1.82) is 0 Å². The Bertz CT molecular complexity index is 569. The summed E-state index contributed by atoms with van der Waals surface area (Å²) in [5.74, 6) is 0.997. The lowest BCUT2D eigenvalue weighted by molar-refractivity contribution is 0.0159. The molecule has 2 heterocycles. The van der Waals surface area contributed by atoms with E-state index in [4.69, 9.17) is 21.1 Å². The van der Waals surface area contributed by atoms with E-state index in [1.54, 1.807) is 6.07 Å². The second kappa shape index (κ2) is 8.70. The standard InChI is InChI=1S/C18H28ClN3O3/c1-13-11-15(21-16(19)20-13)24-10-6-8-14-7-5-9-22(12-14)17(23)25-18(2,3)4/h11,14H,5-10,12H2,1-4H3/t14-/m0/s1. The third kappa shape index (κ3) is 7.06. The number of hydrogen-bond donors (Lipinski definition) is 0. The van der Waals surface area contributed by atoms with Crippen LogP contribution in [0.15, 0.2) is 6.07 Å². The number of aromatic nitrogens is 2. The van der Waals surface area contributed by atoms with Gasteiger partial charge < -0.3 is 14.4 Å². The van der Waals surface area contributed by atoms with Crippen LogP contribution in [0.25, 0.3) is 0 Å². The smallest absolute Gasteiger partial charge is 0.410 e. The minimum atomic E-state index is -0.450. The number of aryl methyl sites for hydroxylation is 1. The normalized spacial score (nSPS) is 18.1. The van der Waals surface area contributed by atoms with Crippen molar-refractivity contribution in [3.05, 3.63) is 17.0 Å². The third-order valence-electron chi connectivity index (χ3n) is 3.98. The Hall–Kier alpha value is -1.56.